The predicted molar refractivity (Wildman–Crippen MR) is 168 cm³/mol. The molecule has 1 amide bonds. The average molecular weight is 593 g/mol. The number of amides is 1. The number of benzene rings is 2. The first kappa shape index (κ1) is 34.3. The molecule has 7 heteroatoms. The highest BCUT2D eigenvalue weighted by Gasteiger charge is 2.51. The van der Waals surface area contributed by atoms with Gasteiger partial charge in [0.25, 0.3) is 0 Å². The van der Waals surface area contributed by atoms with Crippen LogP contribution in [0.5, 0.6) is 5.75 Å². The number of alkyl halides is 1. The number of hydrogen-bond donors (Lipinski definition) is 0. The van der Waals surface area contributed by atoms with Gasteiger partial charge in [-0.25, -0.2) is 4.39 Å². The Morgan fingerprint density at radius 1 is 1.02 bits per heavy atom. The summed E-state index contributed by atoms with van der Waals surface area (Å²) in [6.45, 7) is 12.3. The Labute approximate surface area is 257 Å². The monoisotopic (exact) mass is 592 g/mol. The van der Waals surface area contributed by atoms with Gasteiger partial charge in [0.05, 0.1) is 50.0 Å². The molecule has 0 saturated carbocycles. The zero-order chi connectivity index (χ0) is 31.5. The van der Waals surface area contributed by atoms with Crippen LogP contribution in [0.2, 0.25) is 0 Å². The molecule has 2 heterocycles. The molecule has 2 aliphatic rings. The van der Waals surface area contributed by atoms with Crippen LogP contribution in [0.3, 0.4) is 0 Å². The zero-order valence-electron chi connectivity index (χ0n) is 26.7. The molecule has 0 N–H and O–H groups in total. The molecule has 0 aromatic heterocycles. The number of ether oxygens (including phenoxy) is 2. The van der Waals surface area contributed by atoms with E-state index in [1.807, 2.05) is 42.5 Å². The first-order valence-electron chi connectivity index (χ1n) is 16.0. The van der Waals surface area contributed by atoms with E-state index in [2.05, 4.69) is 40.7 Å². The van der Waals surface area contributed by atoms with Crippen LogP contribution in [-0.4, -0.2) is 55.7 Å². The van der Waals surface area contributed by atoms with Gasteiger partial charge in [0.15, 0.2) is 0 Å². The molecular weight excluding hydrogens is 543 g/mol. The van der Waals surface area contributed by atoms with Gasteiger partial charge in [-0.05, 0) is 73.6 Å². The average Bonchev–Trinajstić information content (AvgIpc) is 2.96. The maximum Gasteiger partial charge on any atom is 0.238 e. The number of carbonyl (C=O) groups is 2. The minimum atomic E-state index is -0.878. The molecule has 0 spiro atoms. The number of rotatable bonds is 14. The summed E-state index contributed by atoms with van der Waals surface area (Å²) in [5.74, 6) is 1.13. The minimum absolute atomic E-state index is 0.0210. The lowest BCUT2D eigenvalue weighted by atomic mass is 9.67. The van der Waals surface area contributed by atoms with Crippen molar-refractivity contribution < 1.29 is 23.5 Å². The number of hydrogen-bond acceptors (Lipinski definition) is 5. The summed E-state index contributed by atoms with van der Waals surface area (Å²) in [6, 6.07) is 15.6. The lowest BCUT2D eigenvalue weighted by Gasteiger charge is -2.46. The minimum Gasteiger partial charge on any atom is -0.494 e. The van der Waals surface area contributed by atoms with E-state index >= 15 is 0 Å². The Kier molecular flexibility index (Phi) is 12.7. The van der Waals surface area contributed by atoms with Crippen LogP contribution in [0.25, 0.3) is 0 Å². The molecule has 0 bridgehead atoms. The van der Waals surface area contributed by atoms with Crippen molar-refractivity contribution in [2.45, 2.75) is 103 Å². The molecule has 234 valence electrons. The summed E-state index contributed by atoms with van der Waals surface area (Å²) in [4.78, 5) is 27.1. The smallest absolute Gasteiger partial charge is 0.238 e. The van der Waals surface area contributed by atoms with Gasteiger partial charge in [-0.1, -0.05) is 65.2 Å². The predicted octanol–water partition coefficient (Wildman–Crippen LogP) is 7.39. The molecular formula is C36H49FN2O4. The van der Waals surface area contributed by atoms with Gasteiger partial charge in [-0.2, -0.15) is 5.26 Å². The summed E-state index contributed by atoms with van der Waals surface area (Å²) in [7, 11) is 0. The van der Waals surface area contributed by atoms with E-state index in [0.29, 0.717) is 37.6 Å². The molecule has 2 fully saturated rings. The fourth-order valence-corrected chi connectivity index (χ4v) is 6.17. The maximum absolute atomic E-state index is 13.0. The van der Waals surface area contributed by atoms with E-state index in [9.17, 15) is 19.2 Å². The number of halogens is 1. The van der Waals surface area contributed by atoms with Gasteiger partial charge in [0.1, 0.15) is 23.1 Å². The number of aryl methyl sites for hydroxylation is 1. The summed E-state index contributed by atoms with van der Waals surface area (Å²) >= 11 is 0. The van der Waals surface area contributed by atoms with E-state index < -0.39 is 17.0 Å². The molecule has 0 radical (unpaired) electrons. The molecule has 2 aliphatic heterocycles. The second-order valence-electron chi connectivity index (χ2n) is 12.0. The van der Waals surface area contributed by atoms with Crippen LogP contribution in [0, 0.1) is 18.3 Å². The van der Waals surface area contributed by atoms with Crippen LogP contribution in [0.1, 0.15) is 101 Å². The van der Waals surface area contributed by atoms with Gasteiger partial charge in [-0.15, -0.1) is 0 Å². The Morgan fingerprint density at radius 3 is 2.16 bits per heavy atom. The second-order valence-corrected chi connectivity index (χ2v) is 12.0. The number of ketones is 1. The van der Waals surface area contributed by atoms with Gasteiger partial charge in [0.2, 0.25) is 5.91 Å². The van der Waals surface area contributed by atoms with Gasteiger partial charge >= 0.3 is 0 Å². The quantitative estimate of drug-likeness (QED) is 0.214. The third-order valence-corrected chi connectivity index (χ3v) is 8.65. The third-order valence-electron chi connectivity index (χ3n) is 8.65. The molecule has 4 rings (SSSR count). The second kappa shape index (κ2) is 16.0. The first-order valence-corrected chi connectivity index (χ1v) is 16.0. The van der Waals surface area contributed by atoms with Crippen molar-refractivity contribution in [3.05, 3.63) is 64.7 Å². The maximum atomic E-state index is 13.0. The summed E-state index contributed by atoms with van der Waals surface area (Å²) in [5.41, 5.74) is 2.73. The lowest BCUT2D eigenvalue weighted by molar-refractivity contribution is -0.163. The molecule has 0 atom stereocenters. The number of Topliss-reactive ketones (excluding diaryl/α,β-unsaturated/α-hetero) is 1. The highest BCUT2D eigenvalue weighted by molar-refractivity contribution is 5.91. The number of unbranched alkanes of at least 4 members (excludes halogenated alkanes) is 1. The van der Waals surface area contributed by atoms with Gasteiger partial charge in [0, 0.05) is 6.42 Å². The van der Waals surface area contributed by atoms with Crippen LogP contribution in [0.15, 0.2) is 42.5 Å². The highest BCUT2D eigenvalue weighted by atomic mass is 19.1. The van der Waals surface area contributed by atoms with E-state index in [-0.39, 0.29) is 19.0 Å². The highest BCUT2D eigenvalue weighted by Crippen LogP contribution is 2.39. The summed E-state index contributed by atoms with van der Waals surface area (Å²) < 4.78 is 23.9. The Bertz CT molecular complexity index is 1240. The topological polar surface area (TPSA) is 79.6 Å². The molecule has 2 saturated heterocycles. The molecule has 43 heavy (non-hydrogen) atoms. The van der Waals surface area contributed by atoms with Crippen LogP contribution < -0.4 is 4.74 Å². The molecule has 6 nitrogen and oxygen atoms in total. The van der Waals surface area contributed by atoms with Crippen molar-refractivity contribution in [3.63, 3.8) is 0 Å². The Hall–Kier alpha value is -3.24. The van der Waals surface area contributed by atoms with E-state index in [4.69, 9.17) is 9.47 Å². The Morgan fingerprint density at radius 2 is 1.67 bits per heavy atom. The van der Waals surface area contributed by atoms with Crippen LogP contribution in [0.4, 0.5) is 4.39 Å². The summed E-state index contributed by atoms with van der Waals surface area (Å²) in [6.07, 6.45) is 6.44. The van der Waals surface area contributed by atoms with E-state index in [0.717, 1.165) is 67.4 Å². The normalized spacial score (nSPS) is 15.8. The number of nitriles is 1. The van der Waals surface area contributed by atoms with Crippen molar-refractivity contribution in [3.8, 4) is 11.8 Å². The molecule has 2 aromatic rings. The van der Waals surface area contributed by atoms with Crippen molar-refractivity contribution in [2.24, 2.45) is 0 Å². The van der Waals surface area contributed by atoms with Crippen molar-refractivity contribution in [2.75, 3.05) is 32.9 Å². The zero-order valence-corrected chi connectivity index (χ0v) is 26.7. The molecule has 2 aromatic carbocycles. The Balaban J connectivity index is 0.000000236. The van der Waals surface area contributed by atoms with Crippen molar-refractivity contribution in [1.29, 1.82) is 5.26 Å². The van der Waals surface area contributed by atoms with Crippen molar-refractivity contribution in [1.82, 2.24) is 4.90 Å². The standard InChI is InChI=1S/C19H27NO.C17H22FNO3/c1-5-8-18(21)19(11-6-2,12-7-3)17-13-16(14-20)10-9-15(17)4;1-2-3-8-22-15-6-4-13(5-7-15)17(11-21-12-17)16(20)19-9-14(18)10-19/h9-10,13H,5-8,11-12H2,1-4H3;4-7,14H,2-3,8-12H2,1H3. The van der Waals surface area contributed by atoms with Crippen molar-refractivity contribution >= 4 is 11.7 Å². The fraction of sp³-hybridized carbons (Fsp3) is 0.583. The largest absolute Gasteiger partial charge is 0.494 e. The third kappa shape index (κ3) is 7.84. The van der Waals surface area contributed by atoms with Gasteiger partial charge in [-0.3, -0.25) is 9.59 Å². The van der Waals surface area contributed by atoms with Crippen LogP contribution in [-0.2, 0) is 25.2 Å². The molecule has 0 aliphatic carbocycles. The number of nitrogens with zero attached hydrogens (tertiary/aromatic N) is 2. The number of carbonyl (C=O) groups excluding carboxylic acids is 2. The lowest BCUT2D eigenvalue weighted by Crippen LogP contribution is -2.64. The van der Waals surface area contributed by atoms with E-state index in [1.165, 1.54) is 0 Å². The SMILES string of the molecule is CCCC(=O)C(CCC)(CCC)c1cc(C#N)ccc1C.CCCCOc1ccc(C2(C(=O)N3CC(F)C3)COC2)cc1. The number of likely N-dealkylation sites (tertiary alicyclic amines) is 1. The van der Waals surface area contributed by atoms with Gasteiger partial charge < -0.3 is 14.4 Å². The van der Waals surface area contributed by atoms with Crippen LogP contribution >= 0.6 is 0 Å². The first-order chi connectivity index (χ1) is 20.7. The fourth-order valence-electron chi connectivity index (χ4n) is 6.17. The molecule has 0 unspecified atom stereocenters. The summed E-state index contributed by atoms with van der Waals surface area (Å²) in [5, 5.41) is 9.19. The van der Waals surface area contributed by atoms with E-state index in [1.54, 1.807) is 4.90 Å².